The van der Waals surface area contributed by atoms with Gasteiger partial charge in [0.25, 0.3) is 0 Å². The third-order valence-electron chi connectivity index (χ3n) is 3.16. The van der Waals surface area contributed by atoms with Crippen LogP contribution in [-0.2, 0) is 6.42 Å². The van der Waals surface area contributed by atoms with Crippen molar-refractivity contribution in [3.8, 4) is 0 Å². The van der Waals surface area contributed by atoms with Crippen LogP contribution in [0.25, 0.3) is 0 Å². The van der Waals surface area contributed by atoms with Gasteiger partial charge in [0.2, 0.25) is 0 Å². The molecule has 0 saturated heterocycles. The fourth-order valence-corrected chi connectivity index (χ4v) is 2.05. The van der Waals surface area contributed by atoms with Crippen LogP contribution in [0.4, 0.5) is 11.6 Å². The number of rotatable bonds is 10. The van der Waals surface area contributed by atoms with E-state index in [-0.39, 0.29) is 0 Å². The van der Waals surface area contributed by atoms with Crippen LogP contribution in [0.3, 0.4) is 0 Å². The number of nitrogens with zero attached hydrogens (tertiary/aromatic N) is 2. The lowest BCUT2D eigenvalue weighted by Gasteiger charge is -2.14. The average Bonchev–Trinajstić information content (AvgIpc) is 2.44. The van der Waals surface area contributed by atoms with E-state index < -0.39 is 0 Å². The number of anilines is 2. The van der Waals surface area contributed by atoms with E-state index in [9.17, 15) is 0 Å². The quantitative estimate of drug-likeness (QED) is 0.630. The van der Waals surface area contributed by atoms with E-state index in [1.165, 1.54) is 31.2 Å². The van der Waals surface area contributed by atoms with Crippen LogP contribution in [0.1, 0.15) is 58.4 Å². The van der Waals surface area contributed by atoms with E-state index in [0.29, 0.717) is 0 Å². The first-order valence-corrected chi connectivity index (χ1v) is 7.65. The number of hydrogen-bond donors (Lipinski definition) is 2. The van der Waals surface area contributed by atoms with Crippen LogP contribution >= 0.6 is 0 Å². The minimum atomic E-state index is 0.949. The fraction of sp³-hybridized carbons (Fsp3) is 0.733. The summed E-state index contributed by atoms with van der Waals surface area (Å²) in [5.74, 6) is 1.98. The van der Waals surface area contributed by atoms with Gasteiger partial charge >= 0.3 is 0 Å². The van der Waals surface area contributed by atoms with Gasteiger partial charge in [-0.1, -0.05) is 40.0 Å². The maximum atomic E-state index is 4.37. The molecule has 0 aliphatic carbocycles. The molecule has 0 fully saturated rings. The molecule has 4 nitrogen and oxygen atoms in total. The van der Waals surface area contributed by atoms with Crippen molar-refractivity contribution in [2.75, 3.05) is 23.7 Å². The van der Waals surface area contributed by atoms with Crippen LogP contribution in [0.2, 0.25) is 0 Å². The van der Waals surface area contributed by atoms with E-state index in [2.05, 4.69) is 41.4 Å². The molecule has 4 heteroatoms. The van der Waals surface area contributed by atoms with Gasteiger partial charge in [-0.25, -0.2) is 9.97 Å². The zero-order valence-corrected chi connectivity index (χ0v) is 12.6. The Hall–Kier alpha value is -1.32. The summed E-state index contributed by atoms with van der Waals surface area (Å²) in [7, 11) is 0. The Kier molecular flexibility index (Phi) is 7.94. The maximum absolute atomic E-state index is 4.37. The highest BCUT2D eigenvalue weighted by molar-refractivity contribution is 5.57. The molecule has 0 aliphatic heterocycles. The topological polar surface area (TPSA) is 49.8 Å². The lowest BCUT2D eigenvalue weighted by atomic mass is 10.2. The summed E-state index contributed by atoms with van der Waals surface area (Å²) in [5.41, 5.74) is 1.20. The van der Waals surface area contributed by atoms with Gasteiger partial charge in [-0.05, 0) is 19.3 Å². The molecule has 108 valence electrons. The van der Waals surface area contributed by atoms with Gasteiger partial charge in [-0.2, -0.15) is 0 Å². The Morgan fingerprint density at radius 3 is 2.11 bits per heavy atom. The molecule has 0 atom stereocenters. The van der Waals surface area contributed by atoms with Gasteiger partial charge in [-0.15, -0.1) is 0 Å². The Morgan fingerprint density at radius 2 is 1.53 bits per heavy atom. The molecule has 1 heterocycles. The smallest absolute Gasteiger partial charge is 0.134 e. The van der Waals surface area contributed by atoms with Crippen molar-refractivity contribution < 1.29 is 0 Å². The molecule has 2 N–H and O–H groups in total. The largest absolute Gasteiger partial charge is 0.370 e. The van der Waals surface area contributed by atoms with Crippen molar-refractivity contribution in [3.63, 3.8) is 0 Å². The molecule has 1 rings (SSSR count). The normalized spacial score (nSPS) is 10.5. The first kappa shape index (κ1) is 15.7. The maximum Gasteiger partial charge on any atom is 0.134 e. The van der Waals surface area contributed by atoms with E-state index in [0.717, 1.165) is 37.6 Å². The number of nitrogens with one attached hydrogen (secondary N) is 2. The number of aromatic nitrogens is 2. The number of unbranched alkanes of at least 4 members (excludes halogenated alkanes) is 3. The second-order valence-electron chi connectivity index (χ2n) is 4.82. The monoisotopic (exact) mass is 264 g/mol. The lowest BCUT2D eigenvalue weighted by molar-refractivity contribution is 0.684. The van der Waals surface area contributed by atoms with Crippen molar-refractivity contribution in [2.45, 2.75) is 59.3 Å². The van der Waals surface area contributed by atoms with Crippen LogP contribution in [0, 0.1) is 0 Å². The Bertz CT molecular complexity index is 352. The highest BCUT2D eigenvalue weighted by Gasteiger charge is 2.08. The van der Waals surface area contributed by atoms with Crippen molar-refractivity contribution in [3.05, 3.63) is 11.9 Å². The fourth-order valence-electron chi connectivity index (χ4n) is 2.05. The molecule has 19 heavy (non-hydrogen) atoms. The predicted molar refractivity (Wildman–Crippen MR) is 82.8 cm³/mol. The molecule has 1 aromatic heterocycles. The molecule has 0 amide bonds. The summed E-state index contributed by atoms with van der Waals surface area (Å²) in [4.78, 5) is 8.72. The molecule has 0 saturated carbocycles. The van der Waals surface area contributed by atoms with Gasteiger partial charge in [0.05, 0.1) is 0 Å². The van der Waals surface area contributed by atoms with Crippen molar-refractivity contribution in [1.29, 1.82) is 0 Å². The molecular formula is C15H28N4. The molecule has 0 aromatic carbocycles. The van der Waals surface area contributed by atoms with E-state index in [1.807, 2.05) is 0 Å². The summed E-state index contributed by atoms with van der Waals surface area (Å²) in [5, 5.41) is 6.82. The van der Waals surface area contributed by atoms with E-state index in [4.69, 9.17) is 0 Å². The van der Waals surface area contributed by atoms with Gasteiger partial charge in [0.1, 0.15) is 18.0 Å². The van der Waals surface area contributed by atoms with Crippen LogP contribution in [0.5, 0.6) is 0 Å². The minimum Gasteiger partial charge on any atom is -0.370 e. The third kappa shape index (κ3) is 5.45. The van der Waals surface area contributed by atoms with Crippen molar-refractivity contribution >= 4 is 11.6 Å². The zero-order chi connectivity index (χ0) is 13.9. The molecule has 0 aliphatic rings. The third-order valence-corrected chi connectivity index (χ3v) is 3.16. The van der Waals surface area contributed by atoms with Crippen molar-refractivity contribution in [2.24, 2.45) is 0 Å². The zero-order valence-electron chi connectivity index (χ0n) is 12.6. The van der Waals surface area contributed by atoms with Crippen LogP contribution in [0.15, 0.2) is 6.33 Å². The molecule has 0 bridgehead atoms. The van der Waals surface area contributed by atoms with Gasteiger partial charge in [-0.3, -0.25) is 0 Å². The predicted octanol–water partition coefficient (Wildman–Crippen LogP) is 3.85. The van der Waals surface area contributed by atoms with Crippen molar-refractivity contribution in [1.82, 2.24) is 9.97 Å². The summed E-state index contributed by atoms with van der Waals surface area (Å²) in [6.45, 7) is 8.50. The summed E-state index contributed by atoms with van der Waals surface area (Å²) in [6.07, 6.45) is 8.78. The van der Waals surface area contributed by atoms with Crippen LogP contribution in [-0.4, -0.2) is 23.1 Å². The summed E-state index contributed by atoms with van der Waals surface area (Å²) >= 11 is 0. The summed E-state index contributed by atoms with van der Waals surface area (Å²) in [6, 6.07) is 0. The molecule has 0 radical (unpaired) electrons. The first-order valence-electron chi connectivity index (χ1n) is 7.65. The van der Waals surface area contributed by atoms with Gasteiger partial charge < -0.3 is 10.6 Å². The SMILES string of the molecule is CCCCCCNc1ncnc(NCCC)c1CC. The standard InChI is InChI=1S/C15H28N4/c1-4-7-8-9-11-17-15-13(6-3)14(16-10-5-2)18-12-19-15/h12H,4-11H2,1-3H3,(H2,16,17,18,19). The minimum absolute atomic E-state index is 0.949. The van der Waals surface area contributed by atoms with E-state index >= 15 is 0 Å². The first-order chi connectivity index (χ1) is 9.33. The van der Waals surface area contributed by atoms with Gasteiger partial charge in [0, 0.05) is 18.7 Å². The molecular weight excluding hydrogens is 236 g/mol. The average molecular weight is 264 g/mol. The lowest BCUT2D eigenvalue weighted by Crippen LogP contribution is -2.11. The summed E-state index contributed by atoms with van der Waals surface area (Å²) < 4.78 is 0. The molecule has 0 unspecified atom stereocenters. The Balaban J connectivity index is 2.56. The van der Waals surface area contributed by atoms with E-state index in [1.54, 1.807) is 6.33 Å². The molecule has 1 aromatic rings. The highest BCUT2D eigenvalue weighted by atomic mass is 15.1. The van der Waals surface area contributed by atoms with Gasteiger partial charge in [0.15, 0.2) is 0 Å². The Morgan fingerprint density at radius 1 is 0.842 bits per heavy atom. The molecule has 0 spiro atoms. The Labute approximate surface area is 117 Å². The second-order valence-corrected chi connectivity index (χ2v) is 4.82. The second kappa shape index (κ2) is 9.59. The number of hydrogen-bond acceptors (Lipinski definition) is 4. The highest BCUT2D eigenvalue weighted by Crippen LogP contribution is 2.20. The van der Waals surface area contributed by atoms with Crippen LogP contribution < -0.4 is 10.6 Å².